The first-order valence-electron chi connectivity index (χ1n) is 5.65. The van der Waals surface area contributed by atoms with Gasteiger partial charge in [0.1, 0.15) is 0 Å². The minimum atomic E-state index is 0.259. The van der Waals surface area contributed by atoms with Crippen LogP contribution in [0, 0.1) is 0 Å². The van der Waals surface area contributed by atoms with Gasteiger partial charge in [-0.3, -0.25) is 0 Å². The Bertz CT molecular complexity index is 288. The van der Waals surface area contributed by atoms with Crippen LogP contribution in [0.15, 0.2) is 24.3 Å². The van der Waals surface area contributed by atoms with E-state index < -0.39 is 0 Å². The van der Waals surface area contributed by atoms with Crippen molar-refractivity contribution in [2.75, 3.05) is 5.33 Å². The van der Waals surface area contributed by atoms with Gasteiger partial charge in [0.25, 0.3) is 0 Å². The van der Waals surface area contributed by atoms with Gasteiger partial charge in [0.15, 0.2) is 0 Å². The van der Waals surface area contributed by atoms with Gasteiger partial charge in [-0.05, 0) is 28.9 Å². The van der Waals surface area contributed by atoms with Crippen molar-refractivity contribution in [2.45, 2.75) is 45.4 Å². The van der Waals surface area contributed by atoms with Crippen LogP contribution in [0.4, 0.5) is 0 Å². The Morgan fingerprint density at radius 2 is 1.67 bits per heavy atom. The van der Waals surface area contributed by atoms with Gasteiger partial charge < -0.3 is 0 Å². The predicted molar refractivity (Wildman–Crippen MR) is 72.0 cm³/mol. The highest BCUT2D eigenvalue weighted by Crippen LogP contribution is 2.26. The smallest absolute Gasteiger partial charge is 0.0100 e. The van der Waals surface area contributed by atoms with Crippen molar-refractivity contribution in [1.29, 1.82) is 0 Å². The van der Waals surface area contributed by atoms with E-state index in [0.717, 1.165) is 5.33 Å². The summed E-state index contributed by atoms with van der Waals surface area (Å²) in [6.45, 7) is 9.00. The number of hydrogen-bond donors (Lipinski definition) is 0. The molecule has 0 bridgehead atoms. The lowest BCUT2D eigenvalue weighted by molar-refractivity contribution is 0.589. The lowest BCUT2D eigenvalue weighted by Gasteiger charge is -2.20. The molecule has 84 valence electrons. The average Bonchev–Trinajstić information content (AvgIpc) is 2.19. The van der Waals surface area contributed by atoms with Crippen LogP contribution in [-0.2, 0) is 5.41 Å². The Balaban J connectivity index is 2.89. The van der Waals surface area contributed by atoms with E-state index in [1.807, 2.05) is 0 Å². The molecule has 1 heteroatoms. The maximum Gasteiger partial charge on any atom is 0.0100 e. The second kappa shape index (κ2) is 5.16. The number of hydrogen-bond acceptors (Lipinski definition) is 0. The quantitative estimate of drug-likeness (QED) is 0.686. The molecule has 0 aliphatic carbocycles. The molecule has 1 unspecified atom stereocenters. The van der Waals surface area contributed by atoms with Gasteiger partial charge in [-0.1, -0.05) is 67.9 Å². The SMILES string of the molecule is CCC(CBr)c1ccc(C(C)(C)C)cc1. The van der Waals surface area contributed by atoms with Crippen molar-refractivity contribution in [2.24, 2.45) is 0 Å². The third-order valence-corrected chi connectivity index (χ3v) is 3.71. The van der Waals surface area contributed by atoms with Gasteiger partial charge in [-0.2, -0.15) is 0 Å². The molecule has 1 aromatic carbocycles. The van der Waals surface area contributed by atoms with Gasteiger partial charge in [-0.15, -0.1) is 0 Å². The first-order chi connectivity index (χ1) is 6.99. The maximum absolute atomic E-state index is 3.57. The minimum Gasteiger partial charge on any atom is -0.0921 e. The molecular weight excluding hydrogens is 248 g/mol. The van der Waals surface area contributed by atoms with Crippen LogP contribution in [-0.4, -0.2) is 5.33 Å². The van der Waals surface area contributed by atoms with Crippen molar-refractivity contribution in [1.82, 2.24) is 0 Å². The molecule has 0 aromatic heterocycles. The molecule has 0 N–H and O–H groups in total. The standard InChI is InChI=1S/C14H21Br/c1-5-11(10-15)12-6-8-13(9-7-12)14(2,3)4/h6-9,11H,5,10H2,1-4H3. The molecular formula is C14H21Br. The van der Waals surface area contributed by atoms with Crippen LogP contribution in [0.5, 0.6) is 0 Å². The van der Waals surface area contributed by atoms with Gasteiger partial charge in [0.2, 0.25) is 0 Å². The number of alkyl halides is 1. The van der Waals surface area contributed by atoms with E-state index in [1.54, 1.807) is 0 Å². The fourth-order valence-corrected chi connectivity index (χ4v) is 2.52. The highest BCUT2D eigenvalue weighted by molar-refractivity contribution is 9.09. The van der Waals surface area contributed by atoms with Crippen molar-refractivity contribution in [3.05, 3.63) is 35.4 Å². The zero-order valence-corrected chi connectivity index (χ0v) is 11.8. The summed E-state index contributed by atoms with van der Waals surface area (Å²) in [7, 11) is 0. The molecule has 15 heavy (non-hydrogen) atoms. The lowest BCUT2D eigenvalue weighted by atomic mass is 9.85. The molecule has 0 saturated carbocycles. The molecule has 0 nitrogen and oxygen atoms in total. The van der Waals surface area contributed by atoms with E-state index in [-0.39, 0.29) is 5.41 Å². The van der Waals surface area contributed by atoms with E-state index in [2.05, 4.69) is 67.9 Å². The second-order valence-corrected chi connectivity index (χ2v) is 5.78. The summed E-state index contributed by atoms with van der Waals surface area (Å²) >= 11 is 3.57. The molecule has 0 aliphatic heterocycles. The summed E-state index contributed by atoms with van der Waals surface area (Å²) in [6, 6.07) is 9.08. The monoisotopic (exact) mass is 268 g/mol. The third-order valence-electron chi connectivity index (χ3n) is 2.93. The largest absolute Gasteiger partial charge is 0.0921 e. The number of benzene rings is 1. The predicted octanol–water partition coefficient (Wildman–Crippen LogP) is 4.87. The molecule has 0 aliphatic rings. The average molecular weight is 269 g/mol. The topological polar surface area (TPSA) is 0 Å². The molecule has 0 amide bonds. The fourth-order valence-electron chi connectivity index (χ4n) is 1.69. The van der Waals surface area contributed by atoms with Crippen molar-refractivity contribution >= 4 is 15.9 Å². The first-order valence-corrected chi connectivity index (χ1v) is 6.77. The highest BCUT2D eigenvalue weighted by Gasteiger charge is 2.14. The molecule has 1 aromatic rings. The highest BCUT2D eigenvalue weighted by atomic mass is 79.9. The van der Waals surface area contributed by atoms with Gasteiger partial charge in [0, 0.05) is 5.33 Å². The van der Waals surface area contributed by atoms with Crippen LogP contribution in [0.1, 0.15) is 51.2 Å². The van der Waals surface area contributed by atoms with Gasteiger partial charge >= 0.3 is 0 Å². The Labute approximate surface area is 102 Å². The lowest BCUT2D eigenvalue weighted by Crippen LogP contribution is -2.11. The molecule has 0 radical (unpaired) electrons. The van der Waals surface area contributed by atoms with Crippen LogP contribution < -0.4 is 0 Å². The fraction of sp³-hybridized carbons (Fsp3) is 0.571. The van der Waals surface area contributed by atoms with E-state index in [1.165, 1.54) is 17.5 Å². The van der Waals surface area contributed by atoms with E-state index in [0.29, 0.717) is 5.92 Å². The van der Waals surface area contributed by atoms with Crippen molar-refractivity contribution in [3.8, 4) is 0 Å². The Kier molecular flexibility index (Phi) is 4.39. The maximum atomic E-state index is 3.57. The summed E-state index contributed by atoms with van der Waals surface area (Å²) in [6.07, 6.45) is 1.19. The Hall–Kier alpha value is -0.300. The molecule has 0 spiro atoms. The van der Waals surface area contributed by atoms with Crippen molar-refractivity contribution < 1.29 is 0 Å². The van der Waals surface area contributed by atoms with E-state index in [9.17, 15) is 0 Å². The molecule has 0 fully saturated rings. The van der Waals surface area contributed by atoms with Crippen molar-refractivity contribution in [3.63, 3.8) is 0 Å². The minimum absolute atomic E-state index is 0.259. The molecule has 1 atom stereocenters. The second-order valence-electron chi connectivity index (χ2n) is 5.13. The zero-order chi connectivity index (χ0) is 11.5. The van der Waals surface area contributed by atoms with Crippen LogP contribution in [0.2, 0.25) is 0 Å². The number of rotatable bonds is 3. The molecule has 1 rings (SSSR count). The van der Waals surface area contributed by atoms with E-state index >= 15 is 0 Å². The molecule has 0 saturated heterocycles. The third kappa shape index (κ3) is 3.34. The Morgan fingerprint density at radius 3 is 2.00 bits per heavy atom. The summed E-state index contributed by atoms with van der Waals surface area (Å²) in [5.74, 6) is 0.652. The van der Waals surface area contributed by atoms with Crippen LogP contribution in [0.25, 0.3) is 0 Å². The summed E-state index contributed by atoms with van der Waals surface area (Å²) < 4.78 is 0. The number of halogens is 1. The summed E-state index contributed by atoms with van der Waals surface area (Å²) in [4.78, 5) is 0. The summed E-state index contributed by atoms with van der Waals surface area (Å²) in [5.41, 5.74) is 3.12. The summed E-state index contributed by atoms with van der Waals surface area (Å²) in [5, 5.41) is 1.05. The van der Waals surface area contributed by atoms with Crippen LogP contribution in [0.3, 0.4) is 0 Å². The normalized spacial score (nSPS) is 13.9. The Morgan fingerprint density at radius 1 is 1.13 bits per heavy atom. The van der Waals surface area contributed by atoms with Gasteiger partial charge in [0.05, 0.1) is 0 Å². The van der Waals surface area contributed by atoms with E-state index in [4.69, 9.17) is 0 Å². The van der Waals surface area contributed by atoms with Crippen LogP contribution >= 0.6 is 15.9 Å². The van der Waals surface area contributed by atoms with Gasteiger partial charge in [-0.25, -0.2) is 0 Å². The zero-order valence-electron chi connectivity index (χ0n) is 10.2. The first kappa shape index (κ1) is 12.8. The molecule has 0 heterocycles.